The van der Waals surface area contributed by atoms with E-state index in [0.717, 1.165) is 22.9 Å². The van der Waals surface area contributed by atoms with Gasteiger partial charge >= 0.3 is 0 Å². The lowest BCUT2D eigenvalue weighted by Gasteiger charge is -2.17. The van der Waals surface area contributed by atoms with Gasteiger partial charge in [0.2, 0.25) is 11.8 Å². The van der Waals surface area contributed by atoms with Gasteiger partial charge in [-0.25, -0.2) is 0 Å². The molecule has 4 amide bonds. The fourth-order valence-electron chi connectivity index (χ4n) is 4.82. The molecule has 1 fully saturated rings. The molecule has 0 bridgehead atoms. The molecule has 2 aromatic carbocycles. The van der Waals surface area contributed by atoms with E-state index < -0.39 is 11.9 Å². The number of amides is 4. The van der Waals surface area contributed by atoms with Crippen LogP contribution in [0.2, 0.25) is 0 Å². The summed E-state index contributed by atoms with van der Waals surface area (Å²) in [6.45, 7) is 3.84. The Morgan fingerprint density at radius 3 is 2.35 bits per heavy atom. The minimum Gasteiger partial charge on any atom is -0.379 e. The molecule has 2 heterocycles. The Labute approximate surface area is 287 Å². The summed E-state index contributed by atoms with van der Waals surface area (Å²) in [6.07, 6.45) is 2.40. The lowest BCUT2D eigenvalue weighted by Crippen LogP contribution is -2.45. The van der Waals surface area contributed by atoms with Crippen LogP contribution in [0.1, 0.15) is 45.7 Å². The number of hydrogen-bond acceptors (Lipinski definition) is 10. The van der Waals surface area contributed by atoms with Gasteiger partial charge in [0.1, 0.15) is 6.04 Å². The van der Waals surface area contributed by atoms with Crippen LogP contribution < -0.4 is 21.3 Å². The first-order valence-electron chi connectivity index (χ1n) is 16.1. The van der Waals surface area contributed by atoms with Gasteiger partial charge in [-0.3, -0.25) is 19.2 Å². The summed E-state index contributed by atoms with van der Waals surface area (Å²) < 4.78 is 22.4. The molecular formula is C33H41N7O8S. The van der Waals surface area contributed by atoms with Gasteiger partial charge in [-0.1, -0.05) is 17.2 Å². The molecule has 4 N–H and O–H groups in total. The second-order valence-corrected chi connectivity index (χ2v) is 12.0. The highest BCUT2D eigenvalue weighted by Crippen LogP contribution is 2.29. The second-order valence-electron chi connectivity index (χ2n) is 10.9. The van der Waals surface area contributed by atoms with Gasteiger partial charge in [0.15, 0.2) is 0 Å². The first kappa shape index (κ1) is 37.3. The number of carbonyl (C=O) groups is 4. The molecule has 16 heteroatoms. The van der Waals surface area contributed by atoms with E-state index in [1.54, 1.807) is 42.5 Å². The van der Waals surface area contributed by atoms with E-state index in [4.69, 9.17) is 24.5 Å². The van der Waals surface area contributed by atoms with Crippen LogP contribution in [-0.4, -0.2) is 95.6 Å². The zero-order valence-electron chi connectivity index (χ0n) is 27.1. The molecule has 1 aliphatic heterocycles. The normalized spacial score (nSPS) is 14.4. The van der Waals surface area contributed by atoms with Gasteiger partial charge in [-0.05, 0) is 66.6 Å². The third-order valence-corrected chi connectivity index (χ3v) is 8.39. The van der Waals surface area contributed by atoms with E-state index in [2.05, 4.69) is 31.3 Å². The van der Waals surface area contributed by atoms with Crippen molar-refractivity contribution >= 4 is 56.4 Å². The Morgan fingerprint density at radius 1 is 0.878 bits per heavy atom. The van der Waals surface area contributed by atoms with Crippen LogP contribution in [0.4, 0.5) is 11.4 Å². The van der Waals surface area contributed by atoms with Crippen molar-refractivity contribution in [3.63, 3.8) is 0 Å². The Kier molecular flexibility index (Phi) is 15.8. The lowest BCUT2D eigenvalue weighted by atomic mass is 10.1. The van der Waals surface area contributed by atoms with E-state index >= 15 is 0 Å². The van der Waals surface area contributed by atoms with Gasteiger partial charge in [-0.15, -0.1) is 11.3 Å². The van der Waals surface area contributed by atoms with Crippen LogP contribution in [0, 0.1) is 0 Å². The van der Waals surface area contributed by atoms with Crippen LogP contribution in [-0.2, 0) is 28.5 Å². The number of thiophene rings is 1. The van der Waals surface area contributed by atoms with Crippen molar-refractivity contribution in [1.82, 2.24) is 10.6 Å². The Balaban J connectivity index is 1.16. The summed E-state index contributed by atoms with van der Waals surface area (Å²) in [4.78, 5) is 54.1. The fourth-order valence-corrected chi connectivity index (χ4v) is 5.76. The Bertz CT molecular complexity index is 1610. The van der Waals surface area contributed by atoms with Gasteiger partial charge < -0.3 is 40.2 Å². The van der Waals surface area contributed by atoms with Crippen molar-refractivity contribution in [2.24, 2.45) is 5.11 Å². The van der Waals surface area contributed by atoms with Crippen molar-refractivity contribution < 1.29 is 38.1 Å². The molecule has 1 aromatic heterocycles. The largest absolute Gasteiger partial charge is 0.379 e. The van der Waals surface area contributed by atoms with Gasteiger partial charge in [0.05, 0.1) is 75.4 Å². The molecule has 1 aliphatic rings. The number of nitrogens with zero attached hydrogens (tertiary/aromatic N) is 3. The van der Waals surface area contributed by atoms with Gasteiger partial charge in [0.25, 0.3) is 11.8 Å². The summed E-state index contributed by atoms with van der Waals surface area (Å²) >= 11 is 1.29. The number of carbonyl (C=O) groups excluding carboxylic acids is 4. The van der Waals surface area contributed by atoms with Crippen LogP contribution in [0.5, 0.6) is 0 Å². The van der Waals surface area contributed by atoms with Crippen molar-refractivity contribution in [3.05, 3.63) is 69.4 Å². The average molecular weight is 696 g/mol. The molecule has 0 radical (unpaired) electrons. The van der Waals surface area contributed by atoms with Crippen molar-refractivity contribution in [2.75, 3.05) is 76.6 Å². The molecule has 1 saturated heterocycles. The third kappa shape index (κ3) is 12.8. The zero-order chi connectivity index (χ0) is 34.7. The molecule has 49 heavy (non-hydrogen) atoms. The molecule has 4 rings (SSSR count). The molecular weight excluding hydrogens is 654 g/mol. The van der Waals surface area contributed by atoms with Crippen molar-refractivity contribution in [1.29, 1.82) is 0 Å². The number of benzene rings is 2. The van der Waals surface area contributed by atoms with E-state index in [1.165, 1.54) is 11.3 Å². The summed E-state index contributed by atoms with van der Waals surface area (Å²) in [6, 6.07) is 13.2. The summed E-state index contributed by atoms with van der Waals surface area (Å²) in [5, 5.41) is 15.4. The second kappa shape index (κ2) is 20.7. The van der Waals surface area contributed by atoms with E-state index in [-0.39, 0.29) is 36.3 Å². The van der Waals surface area contributed by atoms with Crippen LogP contribution in [0.25, 0.3) is 20.5 Å². The predicted molar refractivity (Wildman–Crippen MR) is 185 cm³/mol. The highest BCUT2D eigenvalue weighted by molar-refractivity contribution is 7.20. The first-order valence-corrected chi connectivity index (χ1v) is 16.9. The highest BCUT2D eigenvalue weighted by atomic mass is 32.1. The highest BCUT2D eigenvalue weighted by Gasteiger charge is 2.24. The Morgan fingerprint density at radius 2 is 1.59 bits per heavy atom. The standard InChI is InChI=1S/C33H41N7O8S/c34-40-36-12-14-46-16-18-48-20-19-47-17-15-45-13-10-30(41)37-24-8-9-28-23(21-24)22-29(49-28)33(44)38-26-6-2-1-5-25(26)31(42)39-27-7-3-4-11-35-32(27)43/h1-2,5-6,8-9,21-22,27H,3-4,7,10-20H2,(H,35,43)(H,37,41)(H,38,44)(H,39,42). The number of para-hydroxylation sites is 1. The smallest absolute Gasteiger partial charge is 0.265 e. The topological polar surface area (TPSA) is 202 Å². The molecule has 15 nitrogen and oxygen atoms in total. The average Bonchev–Trinajstić information content (AvgIpc) is 3.42. The van der Waals surface area contributed by atoms with E-state index in [0.29, 0.717) is 82.0 Å². The molecule has 0 spiro atoms. The van der Waals surface area contributed by atoms with Crippen LogP contribution in [0.3, 0.4) is 0 Å². The minimum absolute atomic E-state index is 0.163. The summed E-state index contributed by atoms with van der Waals surface area (Å²) in [5.74, 6) is -1.23. The zero-order valence-corrected chi connectivity index (χ0v) is 27.9. The van der Waals surface area contributed by atoms with Crippen molar-refractivity contribution in [2.45, 2.75) is 31.7 Å². The van der Waals surface area contributed by atoms with Crippen LogP contribution in [0.15, 0.2) is 53.6 Å². The first-order chi connectivity index (χ1) is 23.9. The Hall–Kier alpha value is -4.57. The number of azide groups is 1. The number of rotatable bonds is 20. The third-order valence-electron chi connectivity index (χ3n) is 7.27. The molecule has 1 atom stereocenters. The summed E-state index contributed by atoms with van der Waals surface area (Å²) in [5.41, 5.74) is 9.37. The maximum absolute atomic E-state index is 13.2. The molecule has 1 unspecified atom stereocenters. The fraction of sp³-hybridized carbons (Fsp3) is 0.455. The number of hydrogen-bond donors (Lipinski definition) is 4. The number of anilines is 2. The van der Waals surface area contributed by atoms with Gasteiger partial charge in [0, 0.05) is 28.4 Å². The molecule has 3 aromatic rings. The minimum atomic E-state index is -0.623. The van der Waals surface area contributed by atoms with Gasteiger partial charge in [-0.2, -0.15) is 0 Å². The van der Waals surface area contributed by atoms with E-state index in [9.17, 15) is 19.2 Å². The predicted octanol–water partition coefficient (Wildman–Crippen LogP) is 4.26. The maximum Gasteiger partial charge on any atom is 0.265 e. The quantitative estimate of drug-likeness (QED) is 0.0581. The number of fused-ring (bicyclic) bond motifs is 1. The molecule has 262 valence electrons. The summed E-state index contributed by atoms with van der Waals surface area (Å²) in [7, 11) is 0. The molecule has 0 saturated carbocycles. The van der Waals surface area contributed by atoms with Crippen LogP contribution >= 0.6 is 11.3 Å². The number of nitrogens with one attached hydrogen (secondary N) is 4. The van der Waals surface area contributed by atoms with Crippen molar-refractivity contribution in [3.8, 4) is 0 Å². The maximum atomic E-state index is 13.2. The lowest BCUT2D eigenvalue weighted by molar-refractivity contribution is -0.122. The molecule has 0 aliphatic carbocycles. The van der Waals surface area contributed by atoms with E-state index in [1.807, 2.05) is 6.07 Å². The number of ether oxygens (including phenoxy) is 4. The monoisotopic (exact) mass is 695 g/mol. The SMILES string of the molecule is [N-]=[N+]=NCCOCCOCCOCCOCCC(=O)Nc1ccc2sc(C(=O)Nc3ccccc3C(=O)NC3CCCCNC3=O)cc2c1.